The summed E-state index contributed by atoms with van der Waals surface area (Å²) in [4.78, 5) is 0. The number of ether oxygens (including phenoxy) is 1. The van der Waals surface area contributed by atoms with Crippen LogP contribution >= 0.6 is 23.2 Å². The monoisotopic (exact) mass is 359 g/mol. The molecule has 4 rings (SSSR count). The number of hydrogen-bond donors (Lipinski definition) is 1. The quantitative estimate of drug-likeness (QED) is 0.728. The average Bonchev–Trinajstić information content (AvgIpc) is 3.19. The predicted octanol–water partition coefficient (Wildman–Crippen LogP) is 4.82. The van der Waals surface area contributed by atoms with Crippen molar-refractivity contribution in [3.8, 4) is 22.7 Å². The standard InChI is InChI=1S/C18H15Cl2N3O/c1-24-16-5-3-2-4-12(16)17-13-8-9-21-18(13)23(22-17)15-10-11(19)6-7-14(15)20/h2-7,10,21H,8-9H2,1H3. The van der Waals surface area contributed by atoms with E-state index in [-0.39, 0.29) is 0 Å². The highest BCUT2D eigenvalue weighted by molar-refractivity contribution is 6.34. The molecule has 1 aliphatic rings. The van der Waals surface area contributed by atoms with Gasteiger partial charge >= 0.3 is 0 Å². The summed E-state index contributed by atoms with van der Waals surface area (Å²) in [7, 11) is 1.67. The minimum Gasteiger partial charge on any atom is -0.496 e. The number of anilines is 1. The summed E-state index contributed by atoms with van der Waals surface area (Å²) in [6.45, 7) is 0.869. The topological polar surface area (TPSA) is 39.1 Å². The van der Waals surface area contributed by atoms with Crippen molar-refractivity contribution in [2.75, 3.05) is 19.0 Å². The molecule has 0 radical (unpaired) electrons. The minimum absolute atomic E-state index is 0.602. The lowest BCUT2D eigenvalue weighted by Gasteiger charge is -2.09. The van der Waals surface area contributed by atoms with Gasteiger partial charge in [-0.05, 0) is 36.8 Å². The van der Waals surface area contributed by atoms with Gasteiger partial charge in [0.2, 0.25) is 0 Å². The first kappa shape index (κ1) is 15.4. The third kappa shape index (κ3) is 2.43. The Morgan fingerprint density at radius 1 is 1.17 bits per heavy atom. The summed E-state index contributed by atoms with van der Waals surface area (Å²) in [6, 6.07) is 13.3. The molecule has 2 heterocycles. The van der Waals surface area contributed by atoms with Gasteiger partial charge in [0.1, 0.15) is 17.3 Å². The molecule has 0 unspecified atom stereocenters. The molecule has 1 aliphatic heterocycles. The van der Waals surface area contributed by atoms with Crippen molar-refractivity contribution in [2.24, 2.45) is 0 Å². The van der Waals surface area contributed by atoms with E-state index in [1.807, 2.05) is 35.0 Å². The minimum atomic E-state index is 0.602. The van der Waals surface area contributed by atoms with Gasteiger partial charge in [0.15, 0.2) is 0 Å². The van der Waals surface area contributed by atoms with Crippen molar-refractivity contribution in [3.05, 3.63) is 58.1 Å². The molecular weight excluding hydrogens is 345 g/mol. The zero-order valence-electron chi connectivity index (χ0n) is 13.0. The SMILES string of the molecule is COc1ccccc1-c1nn(-c2cc(Cl)ccc2Cl)c2c1CCN2. The Bertz CT molecular complexity index is 921. The van der Waals surface area contributed by atoms with E-state index in [0.29, 0.717) is 10.0 Å². The number of nitrogens with one attached hydrogen (secondary N) is 1. The zero-order chi connectivity index (χ0) is 16.7. The number of methoxy groups -OCH3 is 1. The number of benzene rings is 2. The van der Waals surface area contributed by atoms with Crippen LogP contribution in [-0.2, 0) is 6.42 Å². The van der Waals surface area contributed by atoms with E-state index in [2.05, 4.69) is 5.32 Å². The van der Waals surface area contributed by atoms with E-state index in [1.165, 1.54) is 0 Å². The first-order chi connectivity index (χ1) is 11.7. The highest BCUT2D eigenvalue weighted by atomic mass is 35.5. The van der Waals surface area contributed by atoms with Crippen molar-refractivity contribution in [1.29, 1.82) is 0 Å². The van der Waals surface area contributed by atoms with E-state index in [9.17, 15) is 0 Å². The number of hydrogen-bond acceptors (Lipinski definition) is 3. The Labute approximate surface area is 150 Å². The van der Waals surface area contributed by atoms with Crippen molar-refractivity contribution in [3.63, 3.8) is 0 Å². The Hall–Kier alpha value is -2.17. The van der Waals surface area contributed by atoms with Crippen LogP contribution in [0.5, 0.6) is 5.75 Å². The van der Waals surface area contributed by atoms with Crippen LogP contribution < -0.4 is 10.1 Å². The van der Waals surface area contributed by atoms with Crippen LogP contribution in [-0.4, -0.2) is 23.4 Å². The number of halogens is 2. The van der Waals surface area contributed by atoms with Gasteiger partial charge in [-0.25, -0.2) is 4.68 Å². The third-order valence-electron chi connectivity index (χ3n) is 4.15. The van der Waals surface area contributed by atoms with Gasteiger partial charge in [-0.1, -0.05) is 35.3 Å². The molecule has 24 heavy (non-hydrogen) atoms. The fourth-order valence-electron chi connectivity index (χ4n) is 3.05. The number of fused-ring (bicyclic) bond motifs is 1. The molecule has 0 fully saturated rings. The highest BCUT2D eigenvalue weighted by Crippen LogP contribution is 2.39. The number of rotatable bonds is 3. The van der Waals surface area contributed by atoms with Gasteiger partial charge in [-0.3, -0.25) is 0 Å². The summed E-state index contributed by atoms with van der Waals surface area (Å²) < 4.78 is 7.33. The van der Waals surface area contributed by atoms with Crippen molar-refractivity contribution >= 4 is 29.0 Å². The molecule has 0 atom stereocenters. The van der Waals surface area contributed by atoms with Gasteiger partial charge in [-0.15, -0.1) is 0 Å². The van der Waals surface area contributed by atoms with Crippen molar-refractivity contribution in [1.82, 2.24) is 9.78 Å². The molecule has 0 saturated carbocycles. The van der Waals surface area contributed by atoms with Gasteiger partial charge in [0.25, 0.3) is 0 Å². The average molecular weight is 360 g/mol. The largest absolute Gasteiger partial charge is 0.496 e. The fourth-order valence-corrected chi connectivity index (χ4v) is 3.42. The van der Waals surface area contributed by atoms with Gasteiger partial charge in [0.05, 0.1) is 17.8 Å². The van der Waals surface area contributed by atoms with Gasteiger partial charge in [-0.2, -0.15) is 5.10 Å². The fraction of sp³-hybridized carbons (Fsp3) is 0.167. The maximum absolute atomic E-state index is 6.37. The van der Waals surface area contributed by atoms with Crippen LogP contribution in [0.2, 0.25) is 10.0 Å². The van der Waals surface area contributed by atoms with Crippen LogP contribution in [0.15, 0.2) is 42.5 Å². The Kier molecular flexibility index (Phi) is 3.87. The smallest absolute Gasteiger partial charge is 0.133 e. The van der Waals surface area contributed by atoms with E-state index in [0.717, 1.165) is 47.0 Å². The lowest BCUT2D eigenvalue weighted by Crippen LogP contribution is -2.05. The molecule has 6 heteroatoms. The number of aromatic nitrogens is 2. The Balaban J connectivity index is 1.94. The van der Waals surface area contributed by atoms with Gasteiger partial charge in [0, 0.05) is 22.7 Å². The first-order valence-electron chi connectivity index (χ1n) is 7.63. The van der Waals surface area contributed by atoms with E-state index < -0.39 is 0 Å². The summed E-state index contributed by atoms with van der Waals surface area (Å²) in [6.07, 6.45) is 0.904. The molecule has 3 aromatic rings. The number of nitrogens with zero attached hydrogens (tertiary/aromatic N) is 2. The molecule has 1 N–H and O–H groups in total. The lowest BCUT2D eigenvalue weighted by molar-refractivity contribution is 0.416. The molecule has 0 saturated heterocycles. The summed E-state index contributed by atoms with van der Waals surface area (Å²) in [5, 5.41) is 9.44. The lowest BCUT2D eigenvalue weighted by atomic mass is 10.1. The maximum atomic E-state index is 6.37. The second-order valence-electron chi connectivity index (χ2n) is 5.56. The summed E-state index contributed by atoms with van der Waals surface area (Å²) in [5.41, 5.74) is 3.80. The second kappa shape index (κ2) is 6.04. The van der Waals surface area contributed by atoms with E-state index in [1.54, 1.807) is 19.2 Å². The highest BCUT2D eigenvalue weighted by Gasteiger charge is 2.26. The number of para-hydroxylation sites is 1. The van der Waals surface area contributed by atoms with Crippen LogP contribution in [0, 0.1) is 0 Å². The molecule has 0 aliphatic carbocycles. The Morgan fingerprint density at radius 2 is 2.00 bits per heavy atom. The molecule has 0 spiro atoms. The van der Waals surface area contributed by atoms with Crippen molar-refractivity contribution < 1.29 is 4.74 Å². The van der Waals surface area contributed by atoms with Crippen LogP contribution in [0.4, 0.5) is 5.82 Å². The van der Waals surface area contributed by atoms with E-state index in [4.69, 9.17) is 33.0 Å². The second-order valence-corrected chi connectivity index (χ2v) is 6.40. The normalized spacial score (nSPS) is 12.8. The maximum Gasteiger partial charge on any atom is 0.133 e. The molecule has 2 aromatic carbocycles. The van der Waals surface area contributed by atoms with Crippen LogP contribution in [0.1, 0.15) is 5.56 Å². The zero-order valence-corrected chi connectivity index (χ0v) is 14.5. The molecule has 0 bridgehead atoms. The predicted molar refractivity (Wildman–Crippen MR) is 97.8 cm³/mol. The van der Waals surface area contributed by atoms with Gasteiger partial charge < -0.3 is 10.1 Å². The first-order valence-corrected chi connectivity index (χ1v) is 8.39. The summed E-state index contributed by atoms with van der Waals surface area (Å²) >= 11 is 12.5. The molecule has 1 aromatic heterocycles. The Morgan fingerprint density at radius 3 is 2.83 bits per heavy atom. The molecule has 0 amide bonds. The summed E-state index contributed by atoms with van der Waals surface area (Å²) in [5.74, 6) is 1.76. The molecule has 4 nitrogen and oxygen atoms in total. The van der Waals surface area contributed by atoms with Crippen molar-refractivity contribution in [2.45, 2.75) is 6.42 Å². The third-order valence-corrected chi connectivity index (χ3v) is 4.70. The molecular formula is C18H15Cl2N3O. The van der Waals surface area contributed by atoms with Crippen LogP contribution in [0.25, 0.3) is 16.9 Å². The molecule has 122 valence electrons. The van der Waals surface area contributed by atoms with E-state index >= 15 is 0 Å². The van der Waals surface area contributed by atoms with Crippen LogP contribution in [0.3, 0.4) is 0 Å².